The lowest BCUT2D eigenvalue weighted by Crippen LogP contribution is -2.58. The molecule has 2 saturated heterocycles. The van der Waals surface area contributed by atoms with Crippen molar-refractivity contribution in [2.24, 2.45) is 17.0 Å². The van der Waals surface area contributed by atoms with Crippen molar-refractivity contribution in [1.29, 1.82) is 0 Å². The maximum Gasteiger partial charge on any atom is 0.360 e. The number of nitrogens with zero attached hydrogens (tertiary/aromatic N) is 4. The van der Waals surface area contributed by atoms with E-state index < -0.39 is 11.7 Å². The smallest absolute Gasteiger partial charge is 0.360 e. The van der Waals surface area contributed by atoms with E-state index in [1.807, 2.05) is 28.8 Å². The number of fused-ring (bicyclic) bond motifs is 5. The second-order valence-corrected chi connectivity index (χ2v) is 12.0. The molecule has 2 aliphatic heterocycles. The van der Waals surface area contributed by atoms with Crippen LogP contribution in [0.5, 0.6) is 0 Å². The molecule has 0 amide bonds. The van der Waals surface area contributed by atoms with Gasteiger partial charge in [-0.15, -0.1) is 0 Å². The molecule has 2 aromatic rings. The summed E-state index contributed by atoms with van der Waals surface area (Å²) in [6.45, 7) is 1.94. The van der Waals surface area contributed by atoms with Crippen molar-refractivity contribution in [2.45, 2.75) is 108 Å². The molecular formula is C30H40N4O4. The number of benzene rings is 1. The molecule has 8 nitrogen and oxygen atoms in total. The molecule has 1 aromatic carbocycles. The molecule has 38 heavy (non-hydrogen) atoms. The number of aliphatic carboxylic acids is 1. The van der Waals surface area contributed by atoms with Crippen LogP contribution >= 0.6 is 0 Å². The van der Waals surface area contributed by atoms with Crippen LogP contribution in [0.3, 0.4) is 0 Å². The predicted octanol–water partition coefficient (Wildman–Crippen LogP) is 5.14. The van der Waals surface area contributed by atoms with Gasteiger partial charge < -0.3 is 14.5 Å². The highest BCUT2D eigenvalue weighted by Crippen LogP contribution is 2.47. The standard InChI is InChI=1S/C30H40N4O4/c1-2-38-32-28(30(36)37)27-29(35)34(26-13-6-5-12-25(26)31-27)24-17-21-10-7-11-22(18-24)33(21)23-15-19-8-3-4-9-20(14-19)16-23/h5-6,12-13,19-24H,2-4,7-11,14-18H2,1H3,(H,36,37)/b32-28-/t19-,20+,21-,22?,23?,24?/m1/s1. The van der Waals surface area contributed by atoms with Gasteiger partial charge in [-0.2, -0.15) is 0 Å². The molecule has 2 saturated carbocycles. The van der Waals surface area contributed by atoms with Crippen LogP contribution in [0.4, 0.5) is 0 Å². The summed E-state index contributed by atoms with van der Waals surface area (Å²) < 4.78 is 1.84. The number of piperidine rings is 2. The Morgan fingerprint density at radius 1 is 0.947 bits per heavy atom. The van der Waals surface area contributed by atoms with Crippen molar-refractivity contribution >= 4 is 22.7 Å². The van der Waals surface area contributed by atoms with Crippen LogP contribution in [0.15, 0.2) is 34.2 Å². The highest BCUT2D eigenvalue weighted by atomic mass is 16.6. The molecule has 4 aliphatic rings. The van der Waals surface area contributed by atoms with Crippen LogP contribution in [0.25, 0.3) is 11.0 Å². The summed E-state index contributed by atoms with van der Waals surface area (Å²) in [5.74, 6) is 0.455. The third kappa shape index (κ3) is 4.76. The van der Waals surface area contributed by atoms with Crippen LogP contribution in [0, 0.1) is 11.8 Å². The van der Waals surface area contributed by atoms with Gasteiger partial charge >= 0.3 is 5.97 Å². The summed E-state index contributed by atoms with van der Waals surface area (Å²) >= 11 is 0. The van der Waals surface area contributed by atoms with E-state index in [9.17, 15) is 14.7 Å². The van der Waals surface area contributed by atoms with E-state index in [-0.39, 0.29) is 23.9 Å². The van der Waals surface area contributed by atoms with E-state index in [0.717, 1.165) is 30.2 Å². The van der Waals surface area contributed by atoms with E-state index in [2.05, 4.69) is 15.0 Å². The van der Waals surface area contributed by atoms with Crippen molar-refractivity contribution < 1.29 is 14.7 Å². The monoisotopic (exact) mass is 520 g/mol. The lowest BCUT2D eigenvalue weighted by molar-refractivity contribution is -0.129. The van der Waals surface area contributed by atoms with Crippen molar-refractivity contribution in [3.63, 3.8) is 0 Å². The summed E-state index contributed by atoms with van der Waals surface area (Å²) in [5.41, 5.74) is 0.413. The fraction of sp³-hybridized carbons (Fsp3) is 0.667. The van der Waals surface area contributed by atoms with Gasteiger partial charge in [-0.25, -0.2) is 9.78 Å². The molecule has 6 rings (SSSR count). The number of hydrogen-bond donors (Lipinski definition) is 1. The lowest BCUT2D eigenvalue weighted by atomic mass is 9.73. The zero-order valence-electron chi connectivity index (χ0n) is 22.4. The third-order valence-corrected chi connectivity index (χ3v) is 9.65. The number of para-hydroxylation sites is 2. The van der Waals surface area contributed by atoms with Crippen molar-refractivity contribution in [3.05, 3.63) is 40.3 Å². The molecule has 3 unspecified atom stereocenters. The summed E-state index contributed by atoms with van der Waals surface area (Å²) in [6.07, 6.45) is 15.1. The van der Waals surface area contributed by atoms with Gasteiger partial charge in [0.2, 0.25) is 5.71 Å². The van der Waals surface area contributed by atoms with Crippen LogP contribution in [0.1, 0.15) is 95.7 Å². The number of oxime groups is 1. The molecule has 204 valence electrons. The zero-order chi connectivity index (χ0) is 26.2. The van der Waals surface area contributed by atoms with E-state index in [1.54, 1.807) is 6.92 Å². The Morgan fingerprint density at radius 2 is 1.63 bits per heavy atom. The van der Waals surface area contributed by atoms with Gasteiger partial charge in [-0.3, -0.25) is 9.69 Å². The molecule has 4 bridgehead atoms. The molecule has 8 heteroatoms. The molecule has 0 radical (unpaired) electrons. The first-order valence-electron chi connectivity index (χ1n) is 14.8. The minimum absolute atomic E-state index is 0.00806. The third-order valence-electron chi connectivity index (χ3n) is 9.65. The molecule has 6 atom stereocenters. The molecule has 3 heterocycles. The van der Waals surface area contributed by atoms with Gasteiger partial charge in [0.25, 0.3) is 5.56 Å². The maximum atomic E-state index is 14.0. The SMILES string of the molecule is CCO/N=C(\C(=O)O)c1nc2ccccc2n(C2CC3CCC[C@H](C2)N3C2C[C@H]3CCCC[C@@H](C2)C3)c1=O. The van der Waals surface area contributed by atoms with E-state index in [0.29, 0.717) is 23.6 Å². The van der Waals surface area contributed by atoms with Crippen molar-refractivity contribution in [1.82, 2.24) is 14.5 Å². The summed E-state index contributed by atoms with van der Waals surface area (Å²) in [6, 6.07) is 9.18. The van der Waals surface area contributed by atoms with Gasteiger partial charge in [-0.1, -0.05) is 49.4 Å². The predicted molar refractivity (Wildman–Crippen MR) is 146 cm³/mol. The van der Waals surface area contributed by atoms with Crippen LogP contribution in [0.2, 0.25) is 0 Å². The first-order chi connectivity index (χ1) is 18.5. The number of carboxylic acid groups (broad SMARTS) is 1. The number of hydrogen-bond acceptors (Lipinski definition) is 6. The molecule has 4 fully saturated rings. The second-order valence-electron chi connectivity index (χ2n) is 12.0. The van der Waals surface area contributed by atoms with E-state index in [4.69, 9.17) is 4.84 Å². The quantitative estimate of drug-likeness (QED) is 0.419. The number of rotatable bonds is 6. The Kier molecular flexibility index (Phi) is 7.25. The summed E-state index contributed by atoms with van der Waals surface area (Å²) in [4.78, 5) is 38.4. The normalized spacial score (nSPS) is 32.1. The largest absolute Gasteiger partial charge is 0.476 e. The van der Waals surface area contributed by atoms with Crippen molar-refractivity contribution in [2.75, 3.05) is 6.61 Å². The van der Waals surface area contributed by atoms with Gasteiger partial charge in [0.05, 0.1) is 11.0 Å². The van der Waals surface area contributed by atoms with Crippen LogP contribution in [-0.2, 0) is 9.63 Å². The van der Waals surface area contributed by atoms with Crippen molar-refractivity contribution in [3.8, 4) is 0 Å². The van der Waals surface area contributed by atoms with Gasteiger partial charge in [-0.05, 0) is 75.8 Å². The second kappa shape index (κ2) is 10.8. The molecule has 2 aliphatic carbocycles. The molecule has 1 N–H and O–H groups in total. The highest BCUT2D eigenvalue weighted by Gasteiger charge is 2.45. The minimum atomic E-state index is -1.31. The average molecular weight is 521 g/mol. The molecular weight excluding hydrogens is 480 g/mol. The average Bonchev–Trinajstić information content (AvgIpc) is 3.07. The van der Waals surface area contributed by atoms with E-state index >= 15 is 0 Å². The molecule has 1 aromatic heterocycles. The Bertz CT molecular complexity index is 1240. The maximum absolute atomic E-state index is 14.0. The van der Waals surface area contributed by atoms with Gasteiger partial charge in [0.15, 0.2) is 5.69 Å². The first kappa shape index (κ1) is 25.5. The Balaban J connectivity index is 1.36. The zero-order valence-corrected chi connectivity index (χ0v) is 22.4. The number of carbonyl (C=O) groups is 1. The van der Waals surface area contributed by atoms with E-state index in [1.165, 1.54) is 64.2 Å². The lowest BCUT2D eigenvalue weighted by Gasteiger charge is -2.54. The Hall–Kier alpha value is -2.74. The fourth-order valence-electron chi connectivity index (χ4n) is 8.29. The topological polar surface area (TPSA) is 97.0 Å². The first-order valence-corrected chi connectivity index (χ1v) is 14.8. The van der Waals surface area contributed by atoms with Gasteiger partial charge in [0, 0.05) is 24.2 Å². The van der Waals surface area contributed by atoms with Crippen LogP contribution in [-0.4, -0.2) is 56.0 Å². The summed E-state index contributed by atoms with van der Waals surface area (Å²) in [5, 5.41) is 13.6. The molecule has 0 spiro atoms. The Morgan fingerprint density at radius 3 is 2.29 bits per heavy atom. The summed E-state index contributed by atoms with van der Waals surface area (Å²) in [7, 11) is 0. The minimum Gasteiger partial charge on any atom is -0.476 e. The number of carboxylic acids is 1. The van der Waals surface area contributed by atoms with Gasteiger partial charge in [0.1, 0.15) is 6.61 Å². The fourth-order valence-corrected chi connectivity index (χ4v) is 8.29. The highest BCUT2D eigenvalue weighted by molar-refractivity contribution is 6.41. The number of aromatic nitrogens is 2. The Labute approximate surface area is 224 Å². The van der Waals surface area contributed by atoms with Crippen LogP contribution < -0.4 is 5.56 Å².